The van der Waals surface area contributed by atoms with E-state index in [1.54, 1.807) is 21.7 Å². The Hall–Kier alpha value is -2.90. The number of nitrogens with two attached hydrogens (primary N) is 1. The van der Waals surface area contributed by atoms with Crippen molar-refractivity contribution < 1.29 is 14.0 Å². The highest BCUT2D eigenvalue weighted by Crippen LogP contribution is 2.52. The number of carbonyl (C=O) groups is 2. The molecule has 170 valence electrons. The number of hydrogen-bond donors (Lipinski definition) is 2. The second-order valence-electron chi connectivity index (χ2n) is 10.1. The summed E-state index contributed by atoms with van der Waals surface area (Å²) in [5, 5.41) is 7.94. The summed E-state index contributed by atoms with van der Waals surface area (Å²) in [5.41, 5.74) is 7.31. The van der Waals surface area contributed by atoms with Crippen molar-refractivity contribution in [1.82, 2.24) is 20.0 Å². The van der Waals surface area contributed by atoms with Gasteiger partial charge in [0, 0.05) is 17.6 Å². The summed E-state index contributed by atoms with van der Waals surface area (Å²) in [5.74, 6) is 0.736. The smallest absolute Gasteiger partial charge is 0.318 e. The zero-order valence-electron chi connectivity index (χ0n) is 18.6. The van der Waals surface area contributed by atoms with Crippen LogP contribution < -0.4 is 11.1 Å². The third-order valence-corrected chi connectivity index (χ3v) is 7.55. The Bertz CT molecular complexity index is 1070. The first-order valence-corrected chi connectivity index (χ1v) is 11.5. The van der Waals surface area contributed by atoms with Crippen LogP contribution in [0.15, 0.2) is 24.3 Å². The predicted octanol–water partition coefficient (Wildman–Crippen LogP) is 3.53. The Balaban J connectivity index is 1.41. The van der Waals surface area contributed by atoms with E-state index in [0.29, 0.717) is 47.8 Å². The molecule has 7 nitrogen and oxygen atoms in total. The molecule has 0 bridgehead atoms. The SMILES string of the molecule is CC1CC2CC(C)CC2(NC(=O)N2CCn3nc(-c4cccc(F)c4)c(C(N)=O)c3C2)C1. The molecule has 3 N–H and O–H groups in total. The number of rotatable bonds is 3. The molecule has 2 aliphatic carbocycles. The molecule has 8 heteroatoms. The van der Waals surface area contributed by atoms with Crippen LogP contribution in [0.1, 0.15) is 55.6 Å². The summed E-state index contributed by atoms with van der Waals surface area (Å²) in [6, 6.07) is 5.88. The number of fused-ring (bicyclic) bond motifs is 2. The van der Waals surface area contributed by atoms with E-state index in [9.17, 15) is 14.0 Å². The van der Waals surface area contributed by atoms with Gasteiger partial charge in [-0.25, -0.2) is 9.18 Å². The molecule has 1 aromatic heterocycles. The summed E-state index contributed by atoms with van der Waals surface area (Å²) in [7, 11) is 0. The number of nitrogens with one attached hydrogen (secondary N) is 1. The molecular formula is C24H30FN5O2. The quantitative estimate of drug-likeness (QED) is 0.766. The molecule has 2 aromatic rings. The number of primary amides is 1. The maximum absolute atomic E-state index is 13.8. The maximum Gasteiger partial charge on any atom is 0.318 e. The molecule has 3 amide bonds. The van der Waals surface area contributed by atoms with Gasteiger partial charge in [0.05, 0.1) is 24.3 Å². The number of amides is 3. The summed E-state index contributed by atoms with van der Waals surface area (Å²) < 4.78 is 15.5. The molecule has 2 unspecified atom stereocenters. The van der Waals surface area contributed by atoms with E-state index in [4.69, 9.17) is 5.73 Å². The first-order chi connectivity index (χ1) is 15.3. The molecule has 0 spiro atoms. The lowest BCUT2D eigenvalue weighted by molar-refractivity contribution is 0.0996. The van der Waals surface area contributed by atoms with Crippen molar-refractivity contribution in [3.8, 4) is 11.3 Å². The van der Waals surface area contributed by atoms with Gasteiger partial charge in [0.15, 0.2) is 0 Å². The van der Waals surface area contributed by atoms with Crippen LogP contribution in [0.4, 0.5) is 9.18 Å². The first-order valence-electron chi connectivity index (χ1n) is 11.5. The number of nitrogens with zero attached hydrogens (tertiary/aromatic N) is 3. The van der Waals surface area contributed by atoms with E-state index in [1.165, 1.54) is 25.0 Å². The van der Waals surface area contributed by atoms with Crippen molar-refractivity contribution in [3.05, 3.63) is 41.3 Å². The van der Waals surface area contributed by atoms with Crippen LogP contribution in [0.2, 0.25) is 0 Å². The highest BCUT2D eigenvalue weighted by molar-refractivity contribution is 6.00. The minimum Gasteiger partial charge on any atom is -0.365 e. The van der Waals surface area contributed by atoms with E-state index in [1.807, 2.05) is 0 Å². The van der Waals surface area contributed by atoms with Crippen molar-refractivity contribution in [2.75, 3.05) is 6.54 Å². The fraction of sp³-hybridized carbons (Fsp3) is 0.542. The van der Waals surface area contributed by atoms with E-state index in [0.717, 1.165) is 12.8 Å². The Morgan fingerprint density at radius 2 is 1.91 bits per heavy atom. The zero-order valence-corrected chi connectivity index (χ0v) is 18.6. The third-order valence-electron chi connectivity index (χ3n) is 7.55. The molecule has 32 heavy (non-hydrogen) atoms. The molecule has 3 aliphatic rings. The Kier molecular flexibility index (Phi) is 4.98. The van der Waals surface area contributed by atoms with Gasteiger partial charge in [-0.3, -0.25) is 9.48 Å². The zero-order chi connectivity index (χ0) is 22.6. The van der Waals surface area contributed by atoms with E-state index >= 15 is 0 Å². The van der Waals surface area contributed by atoms with Crippen LogP contribution in [0.5, 0.6) is 0 Å². The van der Waals surface area contributed by atoms with Gasteiger partial charge in [-0.1, -0.05) is 26.0 Å². The van der Waals surface area contributed by atoms with E-state index in [2.05, 4.69) is 24.3 Å². The van der Waals surface area contributed by atoms with Crippen molar-refractivity contribution in [2.45, 2.75) is 58.2 Å². The van der Waals surface area contributed by atoms with Gasteiger partial charge in [0.25, 0.3) is 5.91 Å². The van der Waals surface area contributed by atoms with E-state index < -0.39 is 11.7 Å². The Morgan fingerprint density at radius 3 is 2.56 bits per heavy atom. The molecule has 2 saturated carbocycles. The number of urea groups is 1. The summed E-state index contributed by atoms with van der Waals surface area (Å²) >= 11 is 0. The Labute approximate surface area is 187 Å². The van der Waals surface area contributed by atoms with Gasteiger partial charge < -0.3 is 16.0 Å². The summed E-state index contributed by atoms with van der Waals surface area (Å²) in [4.78, 5) is 27.4. The van der Waals surface area contributed by atoms with Gasteiger partial charge in [0.1, 0.15) is 11.5 Å². The number of benzene rings is 1. The van der Waals surface area contributed by atoms with Crippen molar-refractivity contribution >= 4 is 11.9 Å². The van der Waals surface area contributed by atoms with Crippen LogP contribution in [-0.4, -0.2) is 38.7 Å². The largest absolute Gasteiger partial charge is 0.365 e. The van der Waals surface area contributed by atoms with Crippen LogP contribution in [-0.2, 0) is 13.1 Å². The molecule has 2 fully saturated rings. The molecule has 0 saturated heterocycles. The van der Waals surface area contributed by atoms with Gasteiger partial charge >= 0.3 is 6.03 Å². The number of carbonyl (C=O) groups excluding carboxylic acids is 2. The van der Waals surface area contributed by atoms with Crippen LogP contribution in [0.3, 0.4) is 0 Å². The van der Waals surface area contributed by atoms with Crippen molar-refractivity contribution in [3.63, 3.8) is 0 Å². The van der Waals surface area contributed by atoms with Gasteiger partial charge in [-0.05, 0) is 55.6 Å². The summed E-state index contributed by atoms with van der Waals surface area (Å²) in [6.45, 7) is 5.74. The molecule has 5 rings (SSSR count). The van der Waals surface area contributed by atoms with Crippen LogP contribution in [0.25, 0.3) is 11.3 Å². The third kappa shape index (κ3) is 3.45. The van der Waals surface area contributed by atoms with Crippen LogP contribution in [0, 0.1) is 23.6 Å². The summed E-state index contributed by atoms with van der Waals surface area (Å²) in [6.07, 6.45) is 4.38. The number of halogens is 1. The van der Waals surface area contributed by atoms with Crippen molar-refractivity contribution in [1.29, 1.82) is 0 Å². The fourth-order valence-electron chi connectivity index (χ4n) is 6.43. The minimum absolute atomic E-state index is 0.0895. The molecule has 0 radical (unpaired) electrons. The Morgan fingerprint density at radius 1 is 1.19 bits per heavy atom. The monoisotopic (exact) mass is 439 g/mol. The normalized spacial score (nSPS) is 29.0. The fourth-order valence-corrected chi connectivity index (χ4v) is 6.43. The molecule has 1 aliphatic heterocycles. The number of aromatic nitrogens is 2. The highest BCUT2D eigenvalue weighted by atomic mass is 19.1. The molecule has 1 aromatic carbocycles. The second-order valence-corrected chi connectivity index (χ2v) is 10.1. The lowest BCUT2D eigenvalue weighted by Gasteiger charge is -2.36. The molecular weight excluding hydrogens is 409 g/mol. The highest BCUT2D eigenvalue weighted by Gasteiger charge is 2.52. The number of hydrogen-bond acceptors (Lipinski definition) is 3. The van der Waals surface area contributed by atoms with Gasteiger partial charge in [0.2, 0.25) is 0 Å². The minimum atomic E-state index is -0.624. The average Bonchev–Trinajstić information content (AvgIpc) is 3.33. The van der Waals surface area contributed by atoms with Crippen LogP contribution >= 0.6 is 0 Å². The van der Waals surface area contributed by atoms with Crippen molar-refractivity contribution in [2.24, 2.45) is 23.5 Å². The lowest BCUT2D eigenvalue weighted by Crippen LogP contribution is -2.54. The van der Waals surface area contributed by atoms with Gasteiger partial charge in [-0.15, -0.1) is 0 Å². The molecule has 2 heterocycles. The lowest BCUT2D eigenvalue weighted by atomic mass is 9.90. The maximum atomic E-state index is 13.8. The topological polar surface area (TPSA) is 93.2 Å². The molecule has 2 atom stereocenters. The predicted molar refractivity (Wildman–Crippen MR) is 118 cm³/mol. The second kappa shape index (κ2) is 7.60. The van der Waals surface area contributed by atoms with Gasteiger partial charge in [-0.2, -0.15) is 5.10 Å². The standard InChI is InChI=1S/C24H30FN5O2/c1-14-8-17-9-15(2)12-24(17,11-14)27-23(32)29-6-7-30-19(13-29)20(22(26)31)21(28-30)16-4-3-5-18(25)10-16/h3-5,10,14-15,17H,6-9,11-13H2,1-2H3,(H2,26,31)(H,27,32). The first kappa shape index (κ1) is 21.0. The van der Waals surface area contributed by atoms with E-state index in [-0.39, 0.29) is 23.7 Å². The average molecular weight is 440 g/mol.